The van der Waals surface area contributed by atoms with E-state index < -0.39 is 10.2 Å². The molecule has 0 bridgehead atoms. The minimum absolute atomic E-state index is 0.402. The molecular formula is C26H42N6O2S. The van der Waals surface area contributed by atoms with Crippen LogP contribution in [0.5, 0.6) is 0 Å². The maximum absolute atomic E-state index is 12.0. The standard InChI is InChI=1S/C17H29N5O2S.C9H13N/c1-13(18-2)16-11-15-14(12-20-16)5-4-6-17(15)21-7-9-22(10-8-21)25(23,24)19-3;1-2-6-9-8(4-1)5-3-7-10-9/h4-6,13,16,18-20H,7-12H2,1-3H3;5H,1-4,6-7H2. The fraction of sp³-hybridized carbons (Fsp3) is 0.654. The highest BCUT2D eigenvalue weighted by molar-refractivity contribution is 7.87. The number of anilines is 1. The summed E-state index contributed by atoms with van der Waals surface area (Å²) in [5, 5.41) is 6.95. The van der Waals surface area contributed by atoms with Crippen LogP contribution in [0.2, 0.25) is 0 Å². The second kappa shape index (κ2) is 12.0. The summed E-state index contributed by atoms with van der Waals surface area (Å²) in [6.45, 7) is 6.59. The minimum Gasteiger partial charge on any atom is -0.369 e. The second-order valence-electron chi connectivity index (χ2n) is 9.83. The molecule has 0 aromatic heterocycles. The van der Waals surface area contributed by atoms with Crippen LogP contribution in [0.25, 0.3) is 0 Å². The third-order valence-electron chi connectivity index (χ3n) is 7.77. The van der Waals surface area contributed by atoms with Gasteiger partial charge in [0, 0.05) is 69.8 Å². The van der Waals surface area contributed by atoms with E-state index in [1.165, 1.54) is 66.0 Å². The number of rotatable bonds is 5. The molecule has 2 atom stereocenters. The van der Waals surface area contributed by atoms with Crippen molar-refractivity contribution in [3.63, 3.8) is 0 Å². The third kappa shape index (κ3) is 6.32. The van der Waals surface area contributed by atoms with E-state index in [1.807, 2.05) is 7.05 Å². The fourth-order valence-electron chi connectivity index (χ4n) is 5.46. The van der Waals surface area contributed by atoms with Gasteiger partial charge in [0.1, 0.15) is 0 Å². The summed E-state index contributed by atoms with van der Waals surface area (Å²) in [5.74, 6) is 0. The van der Waals surface area contributed by atoms with Crippen molar-refractivity contribution in [1.82, 2.24) is 19.7 Å². The Kier molecular flexibility index (Phi) is 8.99. The average Bonchev–Trinajstić information content (AvgIpc) is 2.92. The monoisotopic (exact) mass is 502 g/mol. The molecule has 35 heavy (non-hydrogen) atoms. The van der Waals surface area contributed by atoms with E-state index >= 15 is 0 Å². The topological polar surface area (TPSA) is 89.1 Å². The van der Waals surface area contributed by atoms with Crippen LogP contribution in [0.3, 0.4) is 0 Å². The maximum atomic E-state index is 12.0. The van der Waals surface area contributed by atoms with E-state index in [0.717, 1.165) is 32.6 Å². The lowest BCUT2D eigenvalue weighted by Crippen LogP contribution is -2.52. The Morgan fingerprint density at radius 2 is 1.89 bits per heavy atom. The van der Waals surface area contributed by atoms with Gasteiger partial charge in [-0.05, 0) is 75.3 Å². The summed E-state index contributed by atoms with van der Waals surface area (Å²) in [4.78, 5) is 6.83. The van der Waals surface area contributed by atoms with Gasteiger partial charge < -0.3 is 15.5 Å². The Bertz CT molecular complexity index is 1010. The first kappa shape index (κ1) is 26.3. The van der Waals surface area contributed by atoms with Gasteiger partial charge in [0.15, 0.2) is 0 Å². The molecule has 1 aromatic carbocycles. The normalized spacial score (nSPS) is 23.7. The molecule has 3 N–H and O–H groups in total. The van der Waals surface area contributed by atoms with Crippen molar-refractivity contribution in [2.45, 2.75) is 64.1 Å². The van der Waals surface area contributed by atoms with Crippen LogP contribution in [0.1, 0.15) is 50.2 Å². The zero-order chi connectivity index (χ0) is 24.8. The van der Waals surface area contributed by atoms with Gasteiger partial charge in [-0.3, -0.25) is 4.99 Å². The van der Waals surface area contributed by atoms with Gasteiger partial charge in [-0.2, -0.15) is 12.7 Å². The van der Waals surface area contributed by atoms with Crippen molar-refractivity contribution in [1.29, 1.82) is 0 Å². The van der Waals surface area contributed by atoms with Crippen molar-refractivity contribution >= 4 is 21.6 Å². The summed E-state index contributed by atoms with van der Waals surface area (Å²) < 4.78 is 27.8. The molecule has 1 aromatic rings. The fourth-order valence-corrected chi connectivity index (χ4v) is 6.36. The molecule has 0 spiro atoms. The lowest BCUT2D eigenvalue weighted by molar-refractivity contribution is 0.375. The molecule has 8 nitrogen and oxygen atoms in total. The van der Waals surface area contributed by atoms with Crippen molar-refractivity contribution in [3.05, 3.63) is 41.0 Å². The number of hydrogen-bond acceptors (Lipinski definition) is 6. The van der Waals surface area contributed by atoms with Crippen LogP contribution < -0.4 is 20.3 Å². The van der Waals surface area contributed by atoms with Gasteiger partial charge in [-0.15, -0.1) is 0 Å². The number of nitrogens with one attached hydrogen (secondary N) is 3. The maximum Gasteiger partial charge on any atom is 0.279 e. The molecule has 0 amide bonds. The van der Waals surface area contributed by atoms with Crippen molar-refractivity contribution < 1.29 is 8.42 Å². The van der Waals surface area contributed by atoms with Crippen LogP contribution in [0.15, 0.2) is 34.8 Å². The van der Waals surface area contributed by atoms with E-state index in [2.05, 4.69) is 56.4 Å². The minimum atomic E-state index is -3.33. The molecule has 2 fully saturated rings. The quantitative estimate of drug-likeness (QED) is 0.575. The number of fused-ring (bicyclic) bond motifs is 2. The number of nitrogens with zero attached hydrogens (tertiary/aromatic N) is 3. The number of benzene rings is 1. The van der Waals surface area contributed by atoms with Crippen LogP contribution in [0, 0.1) is 0 Å². The molecule has 194 valence electrons. The van der Waals surface area contributed by atoms with Crippen molar-refractivity contribution in [2.75, 3.05) is 51.7 Å². The van der Waals surface area contributed by atoms with Gasteiger partial charge in [0.05, 0.1) is 0 Å². The Balaban J connectivity index is 0.000000239. The first-order chi connectivity index (χ1) is 16.9. The van der Waals surface area contributed by atoms with Crippen LogP contribution in [-0.4, -0.2) is 77.3 Å². The molecule has 2 unspecified atom stereocenters. The first-order valence-electron chi connectivity index (χ1n) is 13.1. The zero-order valence-corrected chi connectivity index (χ0v) is 22.3. The predicted octanol–water partition coefficient (Wildman–Crippen LogP) is 2.23. The summed E-state index contributed by atoms with van der Waals surface area (Å²) in [7, 11) is 0.130. The van der Waals surface area contributed by atoms with Gasteiger partial charge in [-0.25, -0.2) is 4.72 Å². The molecule has 1 aliphatic carbocycles. The predicted molar refractivity (Wildman–Crippen MR) is 145 cm³/mol. The number of hydrogen-bond donors (Lipinski definition) is 3. The van der Waals surface area contributed by atoms with Crippen LogP contribution in [-0.2, 0) is 23.2 Å². The summed E-state index contributed by atoms with van der Waals surface area (Å²) >= 11 is 0. The summed E-state index contributed by atoms with van der Waals surface area (Å²) in [5.41, 5.74) is 6.98. The summed E-state index contributed by atoms with van der Waals surface area (Å²) in [6.07, 6.45) is 9.81. The van der Waals surface area contributed by atoms with E-state index in [0.29, 0.717) is 25.2 Å². The molecule has 5 rings (SSSR count). The zero-order valence-electron chi connectivity index (χ0n) is 21.5. The Hall–Kier alpha value is -1.78. The molecule has 1 saturated heterocycles. The smallest absolute Gasteiger partial charge is 0.279 e. The van der Waals surface area contributed by atoms with Crippen molar-refractivity contribution in [3.8, 4) is 0 Å². The molecule has 3 heterocycles. The van der Waals surface area contributed by atoms with Gasteiger partial charge >= 0.3 is 0 Å². The Morgan fingerprint density at radius 3 is 2.60 bits per heavy atom. The lowest BCUT2D eigenvalue weighted by atomic mass is 9.90. The van der Waals surface area contributed by atoms with Gasteiger partial charge in [-0.1, -0.05) is 18.2 Å². The second-order valence-corrected chi connectivity index (χ2v) is 11.7. The van der Waals surface area contributed by atoms with E-state index in [-0.39, 0.29) is 0 Å². The average molecular weight is 503 g/mol. The van der Waals surface area contributed by atoms with Gasteiger partial charge in [0.2, 0.25) is 0 Å². The number of aliphatic imine (C=N–C) groups is 1. The highest BCUT2D eigenvalue weighted by atomic mass is 32.2. The van der Waals surface area contributed by atoms with Crippen LogP contribution >= 0.6 is 0 Å². The highest BCUT2D eigenvalue weighted by Gasteiger charge is 2.29. The van der Waals surface area contributed by atoms with Crippen molar-refractivity contribution in [2.24, 2.45) is 4.99 Å². The number of dihydropyridines is 1. The Labute approximate surface area is 211 Å². The molecule has 9 heteroatoms. The number of piperazine rings is 1. The third-order valence-corrected chi connectivity index (χ3v) is 9.33. The first-order valence-corrected chi connectivity index (χ1v) is 14.5. The van der Waals surface area contributed by atoms with Crippen LogP contribution in [0.4, 0.5) is 5.69 Å². The molecule has 0 radical (unpaired) electrons. The number of likely N-dealkylation sites (N-methyl/N-ethyl adjacent to an activating group) is 1. The highest BCUT2D eigenvalue weighted by Crippen LogP contribution is 2.30. The summed E-state index contributed by atoms with van der Waals surface area (Å²) in [6, 6.07) is 7.28. The SMILES string of the molecule is C1=C2CCCCC2=NCC1.CNC(C)C1Cc2c(cccc2N2CCN(S(=O)(=O)NC)CC2)CN1. The van der Waals surface area contributed by atoms with E-state index in [9.17, 15) is 8.42 Å². The largest absolute Gasteiger partial charge is 0.369 e. The van der Waals surface area contributed by atoms with E-state index in [4.69, 9.17) is 0 Å². The number of allylic oxidation sites excluding steroid dienone is 1. The molecule has 1 saturated carbocycles. The molecular weight excluding hydrogens is 460 g/mol. The molecule has 4 aliphatic rings. The van der Waals surface area contributed by atoms with Gasteiger partial charge in [0.25, 0.3) is 10.2 Å². The molecule has 3 aliphatic heterocycles. The Morgan fingerprint density at radius 1 is 1.11 bits per heavy atom. The van der Waals surface area contributed by atoms with E-state index in [1.54, 1.807) is 5.57 Å². The lowest BCUT2D eigenvalue weighted by Gasteiger charge is -2.38.